The van der Waals surface area contributed by atoms with Gasteiger partial charge in [0.15, 0.2) is 0 Å². The zero-order chi connectivity index (χ0) is 24.8. The third kappa shape index (κ3) is 5.95. The molecule has 1 N–H and O–H groups in total. The summed E-state index contributed by atoms with van der Waals surface area (Å²) in [7, 11) is 0. The molecule has 0 aliphatic heterocycles. The molecule has 35 heavy (non-hydrogen) atoms. The third-order valence-electron chi connectivity index (χ3n) is 6.81. The molecule has 5 nitrogen and oxygen atoms in total. The molecule has 1 fully saturated rings. The van der Waals surface area contributed by atoms with Gasteiger partial charge in [0.1, 0.15) is 24.0 Å². The first-order chi connectivity index (χ1) is 17.0. The summed E-state index contributed by atoms with van der Waals surface area (Å²) in [6, 6.07) is 16.7. The zero-order valence-corrected chi connectivity index (χ0v) is 21.0. The van der Waals surface area contributed by atoms with Crippen molar-refractivity contribution in [2.24, 2.45) is 0 Å². The number of hydrogen-bond donors (Lipinski definition) is 1. The number of nitriles is 1. The van der Waals surface area contributed by atoms with E-state index < -0.39 is 0 Å². The number of carbonyl (C=O) groups excluding carboxylic acids is 1. The van der Waals surface area contributed by atoms with Gasteiger partial charge in [-0.15, -0.1) is 0 Å². The second-order valence-corrected chi connectivity index (χ2v) is 9.82. The molecule has 4 rings (SSSR count). The van der Waals surface area contributed by atoms with Gasteiger partial charge in [0.2, 0.25) is 0 Å². The second-order valence-electron chi connectivity index (χ2n) is 9.82. The van der Waals surface area contributed by atoms with E-state index in [-0.39, 0.29) is 17.5 Å². The number of carbonyl (C=O) groups is 1. The highest BCUT2D eigenvalue weighted by molar-refractivity contribution is 6.04. The fourth-order valence-corrected chi connectivity index (χ4v) is 4.89. The lowest BCUT2D eigenvalue weighted by molar-refractivity contribution is -0.117. The van der Waals surface area contributed by atoms with E-state index in [2.05, 4.69) is 61.0 Å². The maximum absolute atomic E-state index is 12.8. The van der Waals surface area contributed by atoms with Crippen LogP contribution in [0.5, 0.6) is 5.75 Å². The van der Waals surface area contributed by atoms with Crippen LogP contribution in [0.4, 0.5) is 0 Å². The first-order valence-corrected chi connectivity index (χ1v) is 12.7. The van der Waals surface area contributed by atoms with Gasteiger partial charge in [-0.1, -0.05) is 63.4 Å². The normalized spacial score (nSPS) is 14.8. The van der Waals surface area contributed by atoms with E-state index >= 15 is 0 Å². The van der Waals surface area contributed by atoms with Crippen molar-refractivity contribution in [2.75, 3.05) is 6.61 Å². The molecule has 5 heteroatoms. The Hall–Kier alpha value is -3.52. The fourth-order valence-electron chi connectivity index (χ4n) is 4.89. The average molecular weight is 470 g/mol. The van der Waals surface area contributed by atoms with Gasteiger partial charge in [0.05, 0.1) is 6.54 Å². The molecular formula is C30H35N3O2. The Morgan fingerprint density at radius 2 is 1.97 bits per heavy atom. The first-order valence-electron chi connectivity index (χ1n) is 12.7. The summed E-state index contributed by atoms with van der Waals surface area (Å²) in [6.45, 7) is 7.61. The summed E-state index contributed by atoms with van der Waals surface area (Å²) >= 11 is 0. The number of fused-ring (bicyclic) bond motifs is 1. The number of aromatic nitrogens is 1. The van der Waals surface area contributed by atoms with Crippen molar-refractivity contribution >= 4 is 22.9 Å². The Balaban J connectivity index is 1.53. The van der Waals surface area contributed by atoms with Crippen molar-refractivity contribution in [2.45, 2.75) is 71.4 Å². The molecule has 0 bridgehead atoms. The number of rotatable bonds is 8. The summed E-state index contributed by atoms with van der Waals surface area (Å²) in [4.78, 5) is 12.8. The molecule has 1 saturated carbocycles. The standard InChI is InChI=1S/C30H35N3O2/c1-21(2)26-14-13-22(3)17-29(26)35-16-15-33-20-24(27-11-7-8-12-28(27)33)18-23(19-31)30(34)32-25-9-5-4-6-10-25/h7-8,11-14,17-18,20-21,25H,4-6,9-10,15-16H2,1-3H3,(H,32,34). The Bertz CT molecular complexity index is 1260. The minimum absolute atomic E-state index is 0.149. The highest BCUT2D eigenvalue weighted by Gasteiger charge is 2.19. The van der Waals surface area contributed by atoms with E-state index in [0.29, 0.717) is 19.1 Å². The highest BCUT2D eigenvalue weighted by Crippen LogP contribution is 2.28. The van der Waals surface area contributed by atoms with E-state index in [1.165, 1.54) is 17.5 Å². The summed E-state index contributed by atoms with van der Waals surface area (Å²) in [5, 5.41) is 13.8. The van der Waals surface area contributed by atoms with Crippen LogP contribution in [0.25, 0.3) is 17.0 Å². The summed E-state index contributed by atoms with van der Waals surface area (Å²) in [5.41, 5.74) is 4.46. The molecule has 182 valence electrons. The molecule has 3 aromatic rings. The number of nitrogens with one attached hydrogen (secondary N) is 1. The van der Waals surface area contributed by atoms with Crippen LogP contribution in [0, 0.1) is 18.3 Å². The minimum Gasteiger partial charge on any atom is -0.491 e. The smallest absolute Gasteiger partial charge is 0.262 e. The molecule has 0 atom stereocenters. The van der Waals surface area contributed by atoms with Crippen LogP contribution in [0.3, 0.4) is 0 Å². The van der Waals surface area contributed by atoms with Crippen LogP contribution in [-0.4, -0.2) is 23.1 Å². The summed E-state index contributed by atoms with van der Waals surface area (Å²) in [6.07, 6.45) is 9.19. The lowest BCUT2D eigenvalue weighted by Crippen LogP contribution is -2.36. The van der Waals surface area contributed by atoms with E-state index in [1.807, 2.05) is 24.4 Å². The Morgan fingerprint density at radius 1 is 1.20 bits per heavy atom. The Labute approximate surface area is 208 Å². The van der Waals surface area contributed by atoms with Crippen molar-refractivity contribution in [3.63, 3.8) is 0 Å². The van der Waals surface area contributed by atoms with Gasteiger partial charge in [-0.25, -0.2) is 0 Å². The quantitative estimate of drug-likeness (QED) is 0.302. The van der Waals surface area contributed by atoms with Gasteiger partial charge in [0, 0.05) is 28.7 Å². The molecule has 2 aromatic carbocycles. The molecule has 0 radical (unpaired) electrons. The Kier molecular flexibility index (Phi) is 7.92. The van der Waals surface area contributed by atoms with E-state index in [4.69, 9.17) is 4.74 Å². The maximum Gasteiger partial charge on any atom is 0.262 e. The molecule has 1 aliphatic carbocycles. The monoisotopic (exact) mass is 469 g/mol. The number of amides is 1. The molecular weight excluding hydrogens is 434 g/mol. The van der Waals surface area contributed by atoms with Crippen molar-refractivity contribution < 1.29 is 9.53 Å². The molecule has 0 unspecified atom stereocenters. The SMILES string of the molecule is Cc1ccc(C(C)C)c(OCCn2cc(C=C(C#N)C(=O)NC3CCCCC3)c3ccccc32)c1. The van der Waals surface area contributed by atoms with Crippen LogP contribution in [0.15, 0.2) is 54.2 Å². The van der Waals surface area contributed by atoms with E-state index in [1.54, 1.807) is 6.08 Å². The van der Waals surface area contributed by atoms with Gasteiger partial charge < -0.3 is 14.6 Å². The molecule has 1 amide bonds. The predicted octanol–water partition coefficient (Wildman–Crippen LogP) is 6.51. The largest absolute Gasteiger partial charge is 0.491 e. The van der Waals surface area contributed by atoms with Crippen molar-refractivity contribution in [1.29, 1.82) is 5.26 Å². The predicted molar refractivity (Wildman–Crippen MR) is 141 cm³/mol. The van der Waals surface area contributed by atoms with Crippen LogP contribution in [0.2, 0.25) is 0 Å². The maximum atomic E-state index is 12.8. The van der Waals surface area contributed by atoms with Crippen molar-refractivity contribution in [1.82, 2.24) is 9.88 Å². The molecule has 1 aromatic heterocycles. The molecule has 1 aliphatic rings. The average Bonchev–Trinajstić information content (AvgIpc) is 3.20. The number of hydrogen-bond acceptors (Lipinski definition) is 3. The van der Waals surface area contributed by atoms with Crippen LogP contribution in [-0.2, 0) is 11.3 Å². The number of nitrogens with zero attached hydrogens (tertiary/aromatic N) is 2. The van der Waals surface area contributed by atoms with Crippen LogP contribution < -0.4 is 10.1 Å². The third-order valence-corrected chi connectivity index (χ3v) is 6.81. The van der Waals surface area contributed by atoms with Gasteiger partial charge in [0.25, 0.3) is 5.91 Å². The van der Waals surface area contributed by atoms with Crippen molar-refractivity contribution in [3.05, 3.63) is 70.9 Å². The van der Waals surface area contributed by atoms with Crippen LogP contribution >= 0.6 is 0 Å². The van der Waals surface area contributed by atoms with Gasteiger partial charge in [-0.2, -0.15) is 5.26 Å². The second kappa shape index (κ2) is 11.3. The zero-order valence-electron chi connectivity index (χ0n) is 21.0. The lowest BCUT2D eigenvalue weighted by atomic mass is 9.95. The van der Waals surface area contributed by atoms with E-state index in [0.717, 1.165) is 47.9 Å². The number of benzene rings is 2. The van der Waals surface area contributed by atoms with Crippen molar-refractivity contribution in [3.8, 4) is 11.8 Å². The van der Waals surface area contributed by atoms with Crippen LogP contribution in [0.1, 0.15) is 68.6 Å². The topological polar surface area (TPSA) is 67.0 Å². The number of aryl methyl sites for hydroxylation is 1. The fraction of sp³-hybridized carbons (Fsp3) is 0.400. The number of para-hydroxylation sites is 1. The van der Waals surface area contributed by atoms with E-state index in [9.17, 15) is 10.1 Å². The summed E-state index contributed by atoms with van der Waals surface area (Å²) < 4.78 is 8.35. The summed E-state index contributed by atoms with van der Waals surface area (Å²) in [5.74, 6) is 1.04. The Morgan fingerprint density at radius 3 is 2.71 bits per heavy atom. The molecule has 1 heterocycles. The number of ether oxygens (including phenoxy) is 1. The first kappa shape index (κ1) is 24.6. The minimum atomic E-state index is -0.278. The molecule has 0 spiro atoms. The van der Waals surface area contributed by atoms with Gasteiger partial charge >= 0.3 is 0 Å². The lowest BCUT2D eigenvalue weighted by Gasteiger charge is -2.22. The highest BCUT2D eigenvalue weighted by atomic mass is 16.5. The van der Waals surface area contributed by atoms with Gasteiger partial charge in [-0.3, -0.25) is 4.79 Å². The van der Waals surface area contributed by atoms with Gasteiger partial charge in [-0.05, 0) is 55.0 Å². The molecule has 0 saturated heterocycles.